The van der Waals surface area contributed by atoms with Crippen molar-refractivity contribution in [1.29, 1.82) is 0 Å². The van der Waals surface area contributed by atoms with Crippen molar-refractivity contribution < 1.29 is 0 Å². The van der Waals surface area contributed by atoms with Crippen LogP contribution in [-0.2, 0) is 6.54 Å². The molecule has 3 rings (SSSR count). The second-order valence-corrected chi connectivity index (χ2v) is 5.27. The highest BCUT2D eigenvalue weighted by molar-refractivity contribution is 9.10. The van der Waals surface area contributed by atoms with Crippen LogP contribution in [0.5, 0.6) is 0 Å². The smallest absolute Gasteiger partial charge is 0.0751 e. The number of hydrogen-bond donors (Lipinski definition) is 1. The standard InChI is InChI=1S/C16H13BrN2/c17-14-7-2-8-15(10-14)19-11-13-5-1-4-12-6-3-9-18-16(12)13/h1-10,19H,11H2. The molecule has 2 nitrogen and oxygen atoms in total. The van der Waals surface area contributed by atoms with Gasteiger partial charge < -0.3 is 5.32 Å². The Balaban J connectivity index is 1.86. The van der Waals surface area contributed by atoms with Crippen LogP contribution in [0.25, 0.3) is 10.9 Å². The van der Waals surface area contributed by atoms with E-state index >= 15 is 0 Å². The van der Waals surface area contributed by atoms with E-state index in [-0.39, 0.29) is 0 Å². The van der Waals surface area contributed by atoms with Gasteiger partial charge in [-0.2, -0.15) is 0 Å². The second kappa shape index (κ2) is 5.41. The highest BCUT2D eigenvalue weighted by atomic mass is 79.9. The molecule has 1 N–H and O–H groups in total. The van der Waals surface area contributed by atoms with E-state index in [1.165, 1.54) is 10.9 Å². The van der Waals surface area contributed by atoms with Gasteiger partial charge in [-0.1, -0.05) is 46.3 Å². The molecule has 3 heteroatoms. The lowest BCUT2D eigenvalue weighted by molar-refractivity contribution is 1.15. The number of aromatic nitrogens is 1. The first-order valence-electron chi connectivity index (χ1n) is 6.15. The number of nitrogens with one attached hydrogen (secondary N) is 1. The van der Waals surface area contributed by atoms with E-state index in [0.29, 0.717) is 0 Å². The molecule has 1 heterocycles. The molecular weight excluding hydrogens is 300 g/mol. The average molecular weight is 313 g/mol. The number of fused-ring (bicyclic) bond motifs is 1. The third kappa shape index (κ3) is 2.76. The molecule has 0 aliphatic carbocycles. The monoisotopic (exact) mass is 312 g/mol. The summed E-state index contributed by atoms with van der Waals surface area (Å²) in [5.41, 5.74) is 3.37. The molecule has 3 aromatic rings. The summed E-state index contributed by atoms with van der Waals surface area (Å²) < 4.78 is 1.08. The van der Waals surface area contributed by atoms with Gasteiger partial charge in [-0.15, -0.1) is 0 Å². The quantitative estimate of drug-likeness (QED) is 0.764. The summed E-state index contributed by atoms with van der Waals surface area (Å²) in [5, 5.41) is 4.60. The van der Waals surface area contributed by atoms with Crippen molar-refractivity contribution in [2.75, 3.05) is 5.32 Å². The van der Waals surface area contributed by atoms with E-state index < -0.39 is 0 Å². The number of nitrogens with zero attached hydrogens (tertiary/aromatic N) is 1. The molecule has 1 aromatic heterocycles. The number of para-hydroxylation sites is 1. The Morgan fingerprint density at radius 2 is 1.84 bits per heavy atom. The SMILES string of the molecule is Brc1cccc(NCc2cccc3cccnc23)c1. The third-order valence-electron chi connectivity index (χ3n) is 3.02. The molecule has 0 aliphatic rings. The average Bonchev–Trinajstić information content (AvgIpc) is 2.45. The molecular formula is C16H13BrN2. The Kier molecular flexibility index (Phi) is 3.47. The predicted molar refractivity (Wildman–Crippen MR) is 83.2 cm³/mol. The summed E-state index contributed by atoms with van der Waals surface area (Å²) in [6.45, 7) is 0.769. The molecule has 0 aliphatic heterocycles. The number of pyridine rings is 1. The van der Waals surface area contributed by atoms with Crippen molar-refractivity contribution in [3.8, 4) is 0 Å². The number of rotatable bonds is 3. The van der Waals surface area contributed by atoms with E-state index in [1.54, 1.807) is 0 Å². The van der Waals surface area contributed by atoms with Crippen LogP contribution < -0.4 is 5.32 Å². The molecule has 0 atom stereocenters. The lowest BCUT2D eigenvalue weighted by Gasteiger charge is -2.09. The number of anilines is 1. The van der Waals surface area contributed by atoms with Gasteiger partial charge in [-0.25, -0.2) is 0 Å². The molecule has 0 bridgehead atoms. The number of hydrogen-bond acceptors (Lipinski definition) is 2. The van der Waals surface area contributed by atoms with Gasteiger partial charge in [0.2, 0.25) is 0 Å². The Morgan fingerprint density at radius 1 is 1.00 bits per heavy atom. The highest BCUT2D eigenvalue weighted by Gasteiger charge is 2.01. The summed E-state index contributed by atoms with van der Waals surface area (Å²) in [6, 6.07) is 18.5. The van der Waals surface area contributed by atoms with Crippen molar-refractivity contribution in [1.82, 2.24) is 4.98 Å². The van der Waals surface area contributed by atoms with Crippen molar-refractivity contribution in [3.63, 3.8) is 0 Å². The van der Waals surface area contributed by atoms with Crippen LogP contribution in [0, 0.1) is 0 Å². The molecule has 0 spiro atoms. The number of benzene rings is 2. The zero-order valence-electron chi connectivity index (χ0n) is 10.3. The molecule has 0 radical (unpaired) electrons. The van der Waals surface area contributed by atoms with Crippen molar-refractivity contribution in [2.45, 2.75) is 6.54 Å². The van der Waals surface area contributed by atoms with Crippen LogP contribution in [0.1, 0.15) is 5.56 Å². The van der Waals surface area contributed by atoms with Gasteiger partial charge in [-0.3, -0.25) is 4.98 Å². The topological polar surface area (TPSA) is 24.9 Å². The maximum absolute atomic E-state index is 4.46. The highest BCUT2D eigenvalue weighted by Crippen LogP contribution is 2.19. The lowest BCUT2D eigenvalue weighted by Crippen LogP contribution is -2.00. The van der Waals surface area contributed by atoms with E-state index in [4.69, 9.17) is 0 Å². The normalized spacial score (nSPS) is 10.6. The van der Waals surface area contributed by atoms with Gasteiger partial charge in [-0.05, 0) is 29.8 Å². The Hall–Kier alpha value is -1.87. The summed E-state index contributed by atoms with van der Waals surface area (Å²) in [4.78, 5) is 4.46. The zero-order valence-corrected chi connectivity index (χ0v) is 11.9. The van der Waals surface area contributed by atoms with Gasteiger partial charge in [0.1, 0.15) is 0 Å². The molecule has 0 unspecified atom stereocenters. The summed E-state index contributed by atoms with van der Waals surface area (Å²) >= 11 is 3.48. The largest absolute Gasteiger partial charge is 0.381 e. The molecule has 0 saturated carbocycles. The van der Waals surface area contributed by atoms with Crippen LogP contribution in [0.2, 0.25) is 0 Å². The molecule has 0 fully saturated rings. The fourth-order valence-corrected chi connectivity index (χ4v) is 2.51. The maximum atomic E-state index is 4.46. The second-order valence-electron chi connectivity index (χ2n) is 4.36. The molecule has 0 amide bonds. The zero-order chi connectivity index (χ0) is 13.1. The Morgan fingerprint density at radius 3 is 2.74 bits per heavy atom. The lowest BCUT2D eigenvalue weighted by atomic mass is 10.1. The van der Waals surface area contributed by atoms with E-state index in [2.05, 4.69) is 62.6 Å². The summed E-state index contributed by atoms with van der Waals surface area (Å²) in [7, 11) is 0. The van der Waals surface area contributed by atoms with Crippen LogP contribution in [0.15, 0.2) is 65.3 Å². The first-order valence-corrected chi connectivity index (χ1v) is 6.94. The Labute approximate surface area is 120 Å². The van der Waals surface area contributed by atoms with Gasteiger partial charge in [0.25, 0.3) is 0 Å². The van der Waals surface area contributed by atoms with Crippen LogP contribution in [0.4, 0.5) is 5.69 Å². The minimum atomic E-state index is 0.769. The van der Waals surface area contributed by atoms with E-state index in [0.717, 1.165) is 22.2 Å². The van der Waals surface area contributed by atoms with Crippen LogP contribution in [0.3, 0.4) is 0 Å². The minimum Gasteiger partial charge on any atom is -0.381 e. The third-order valence-corrected chi connectivity index (χ3v) is 3.52. The van der Waals surface area contributed by atoms with Gasteiger partial charge in [0.15, 0.2) is 0 Å². The van der Waals surface area contributed by atoms with E-state index in [9.17, 15) is 0 Å². The Bertz CT molecular complexity index is 704. The molecule has 2 aromatic carbocycles. The van der Waals surface area contributed by atoms with Crippen molar-refractivity contribution in [2.24, 2.45) is 0 Å². The first-order chi connectivity index (χ1) is 9.33. The fourth-order valence-electron chi connectivity index (χ4n) is 2.11. The fraction of sp³-hybridized carbons (Fsp3) is 0.0625. The first kappa shape index (κ1) is 12.2. The van der Waals surface area contributed by atoms with Gasteiger partial charge in [0, 0.05) is 28.3 Å². The summed E-state index contributed by atoms with van der Waals surface area (Å²) in [6.07, 6.45) is 1.84. The van der Waals surface area contributed by atoms with Crippen LogP contribution >= 0.6 is 15.9 Å². The maximum Gasteiger partial charge on any atom is 0.0751 e. The van der Waals surface area contributed by atoms with Crippen LogP contribution in [-0.4, -0.2) is 4.98 Å². The summed E-state index contributed by atoms with van der Waals surface area (Å²) in [5.74, 6) is 0. The van der Waals surface area contributed by atoms with Gasteiger partial charge in [0.05, 0.1) is 5.52 Å². The van der Waals surface area contributed by atoms with E-state index in [1.807, 2.05) is 24.4 Å². The molecule has 19 heavy (non-hydrogen) atoms. The van der Waals surface area contributed by atoms with Crippen molar-refractivity contribution in [3.05, 3.63) is 70.8 Å². The number of halogens is 1. The minimum absolute atomic E-state index is 0.769. The molecule has 0 saturated heterocycles. The van der Waals surface area contributed by atoms with Gasteiger partial charge >= 0.3 is 0 Å². The predicted octanol–water partition coefficient (Wildman–Crippen LogP) is 4.61. The molecule has 94 valence electrons. The van der Waals surface area contributed by atoms with Crippen molar-refractivity contribution >= 4 is 32.5 Å².